The van der Waals surface area contributed by atoms with E-state index in [4.69, 9.17) is 0 Å². The third-order valence-corrected chi connectivity index (χ3v) is 6.24. The normalized spacial score (nSPS) is 21.7. The number of likely N-dealkylation sites (N-methyl/N-ethyl adjacent to an activating group) is 1. The Morgan fingerprint density at radius 2 is 1.81 bits per heavy atom. The first kappa shape index (κ1) is 17.8. The minimum Gasteiger partial charge on any atom is -0.363 e. The van der Waals surface area contributed by atoms with Crippen LogP contribution in [0.2, 0.25) is 0 Å². The van der Waals surface area contributed by atoms with Crippen molar-refractivity contribution in [2.75, 3.05) is 44.0 Å². The summed E-state index contributed by atoms with van der Waals surface area (Å²) < 4.78 is 0. The number of likely N-dealkylation sites (tertiary alicyclic amines) is 1. The van der Waals surface area contributed by atoms with E-state index in [-0.39, 0.29) is 17.4 Å². The fourth-order valence-corrected chi connectivity index (χ4v) is 4.46. The molecule has 2 aliphatic rings. The Morgan fingerprint density at radius 3 is 2.48 bits per heavy atom. The summed E-state index contributed by atoms with van der Waals surface area (Å²) in [4.78, 5) is 28.0. The number of nitrogens with zero attached hydrogens (tertiary/aromatic N) is 5. The molecule has 0 unspecified atom stereocenters. The van der Waals surface area contributed by atoms with Crippen LogP contribution in [0.25, 0.3) is 0 Å². The third-order valence-electron chi connectivity index (χ3n) is 6.24. The van der Waals surface area contributed by atoms with E-state index in [1.807, 2.05) is 55.2 Å². The summed E-state index contributed by atoms with van der Waals surface area (Å²) in [6.07, 6.45) is 4.48. The second-order valence-corrected chi connectivity index (χ2v) is 7.90. The predicted octanol–water partition coefficient (Wildman–Crippen LogP) is 2.53. The lowest BCUT2D eigenvalue weighted by molar-refractivity contribution is -0.131. The molecule has 1 spiro atoms. The zero-order valence-electron chi connectivity index (χ0n) is 16.3. The fraction of sp³-hybridized carbons (Fsp3) is 0.476. The van der Waals surface area contributed by atoms with Gasteiger partial charge in [-0.05, 0) is 24.8 Å². The van der Waals surface area contributed by atoms with Crippen molar-refractivity contribution < 1.29 is 4.79 Å². The van der Waals surface area contributed by atoms with E-state index in [0.717, 1.165) is 49.6 Å². The molecule has 3 heterocycles. The lowest BCUT2D eigenvalue weighted by Gasteiger charge is -2.43. The molecule has 0 radical (unpaired) electrons. The van der Waals surface area contributed by atoms with Crippen molar-refractivity contribution in [3.05, 3.63) is 48.3 Å². The third kappa shape index (κ3) is 3.13. The molecule has 6 heteroatoms. The molecule has 1 aromatic carbocycles. The van der Waals surface area contributed by atoms with Gasteiger partial charge < -0.3 is 14.7 Å². The number of piperidine rings is 1. The van der Waals surface area contributed by atoms with Gasteiger partial charge in [0, 0.05) is 45.8 Å². The van der Waals surface area contributed by atoms with E-state index in [1.54, 1.807) is 6.33 Å². The predicted molar refractivity (Wildman–Crippen MR) is 107 cm³/mol. The van der Waals surface area contributed by atoms with Crippen LogP contribution in [0.3, 0.4) is 0 Å². The van der Waals surface area contributed by atoms with Crippen LogP contribution in [0.15, 0.2) is 42.7 Å². The first-order valence-electron chi connectivity index (χ1n) is 9.57. The highest BCUT2D eigenvalue weighted by molar-refractivity contribution is 5.87. The highest BCUT2D eigenvalue weighted by Gasteiger charge is 2.50. The van der Waals surface area contributed by atoms with E-state index >= 15 is 0 Å². The van der Waals surface area contributed by atoms with Gasteiger partial charge in [-0.15, -0.1) is 0 Å². The number of carbonyl (C=O) groups excluding carboxylic acids is 1. The largest absolute Gasteiger partial charge is 0.363 e. The number of benzene rings is 1. The van der Waals surface area contributed by atoms with Crippen LogP contribution in [0.4, 0.5) is 11.6 Å². The maximum atomic E-state index is 12.9. The number of amides is 1. The molecular formula is C21H27N5O. The van der Waals surface area contributed by atoms with Gasteiger partial charge in [0.2, 0.25) is 5.91 Å². The van der Waals surface area contributed by atoms with Crippen molar-refractivity contribution in [2.24, 2.45) is 0 Å². The molecular weight excluding hydrogens is 338 g/mol. The van der Waals surface area contributed by atoms with Crippen LogP contribution in [0.5, 0.6) is 0 Å². The van der Waals surface area contributed by atoms with Gasteiger partial charge in [-0.25, -0.2) is 9.97 Å². The topological polar surface area (TPSA) is 52.6 Å². The van der Waals surface area contributed by atoms with E-state index in [2.05, 4.69) is 27.0 Å². The molecule has 2 aliphatic heterocycles. The molecule has 6 nitrogen and oxygen atoms in total. The van der Waals surface area contributed by atoms with Crippen molar-refractivity contribution in [1.82, 2.24) is 14.9 Å². The molecule has 27 heavy (non-hydrogen) atoms. The smallest absolute Gasteiger partial charge is 0.230 e. The van der Waals surface area contributed by atoms with Crippen LogP contribution < -0.4 is 9.80 Å². The lowest BCUT2D eigenvalue weighted by atomic mass is 9.81. The van der Waals surface area contributed by atoms with Gasteiger partial charge in [0.25, 0.3) is 0 Å². The first-order valence-corrected chi connectivity index (χ1v) is 9.57. The average Bonchev–Trinajstić information content (AvgIpc) is 2.95. The van der Waals surface area contributed by atoms with Crippen LogP contribution in [0, 0.1) is 0 Å². The molecule has 2 aromatic rings. The van der Waals surface area contributed by atoms with Crippen LogP contribution in [0.1, 0.15) is 30.7 Å². The van der Waals surface area contributed by atoms with Gasteiger partial charge in [-0.3, -0.25) is 4.79 Å². The second kappa shape index (κ2) is 6.83. The fourth-order valence-electron chi connectivity index (χ4n) is 4.46. The molecule has 0 aliphatic carbocycles. The summed E-state index contributed by atoms with van der Waals surface area (Å²) in [6, 6.07) is 12.2. The number of carbonyl (C=O) groups is 1. The molecule has 0 N–H and O–H groups in total. The summed E-state index contributed by atoms with van der Waals surface area (Å²) >= 11 is 0. The summed E-state index contributed by atoms with van der Waals surface area (Å²) in [5.41, 5.74) is 1.10. The Hall–Kier alpha value is -2.63. The Kier molecular flexibility index (Phi) is 4.50. The van der Waals surface area contributed by atoms with Gasteiger partial charge in [-0.1, -0.05) is 30.3 Å². The monoisotopic (exact) mass is 365 g/mol. The SMILES string of the molecule is CN(C)c1cc(N2CCC3(CC2)C[C@@H](c2ccccc2)C(=O)N3C)ncn1. The number of hydrogen-bond donors (Lipinski definition) is 0. The highest BCUT2D eigenvalue weighted by atomic mass is 16.2. The summed E-state index contributed by atoms with van der Waals surface area (Å²) in [6.45, 7) is 1.81. The van der Waals surface area contributed by atoms with Gasteiger partial charge in [-0.2, -0.15) is 0 Å². The molecule has 0 bridgehead atoms. The molecule has 4 rings (SSSR count). The Morgan fingerprint density at radius 1 is 1.11 bits per heavy atom. The van der Waals surface area contributed by atoms with Crippen LogP contribution in [-0.2, 0) is 4.79 Å². The lowest BCUT2D eigenvalue weighted by Crippen LogP contribution is -2.51. The van der Waals surface area contributed by atoms with E-state index < -0.39 is 0 Å². The van der Waals surface area contributed by atoms with Gasteiger partial charge in [0.15, 0.2) is 0 Å². The number of anilines is 2. The Labute approximate surface area is 160 Å². The standard InChI is InChI=1S/C21H27N5O/c1-24(2)18-13-19(23-15-22-18)26-11-9-21(10-12-26)14-17(20(27)25(21)3)16-7-5-4-6-8-16/h4-8,13,15,17H,9-12,14H2,1-3H3/t17-/m0/s1. The summed E-state index contributed by atoms with van der Waals surface area (Å²) in [5, 5.41) is 0. The zero-order chi connectivity index (χ0) is 19.0. The number of hydrogen-bond acceptors (Lipinski definition) is 5. The van der Waals surface area contributed by atoms with Crippen LogP contribution in [-0.4, -0.2) is 60.5 Å². The minimum absolute atomic E-state index is 0.0119. The van der Waals surface area contributed by atoms with Gasteiger partial charge in [0.05, 0.1) is 5.92 Å². The van der Waals surface area contributed by atoms with Crippen molar-refractivity contribution in [2.45, 2.75) is 30.7 Å². The average molecular weight is 365 g/mol. The van der Waals surface area contributed by atoms with E-state index in [9.17, 15) is 4.79 Å². The first-order chi connectivity index (χ1) is 13.0. The van der Waals surface area contributed by atoms with Gasteiger partial charge in [0.1, 0.15) is 18.0 Å². The molecule has 142 valence electrons. The minimum atomic E-state index is -0.0362. The molecule has 1 atom stereocenters. The molecule has 1 amide bonds. The summed E-state index contributed by atoms with van der Waals surface area (Å²) in [5.74, 6) is 2.13. The molecule has 2 fully saturated rings. The second-order valence-electron chi connectivity index (χ2n) is 7.90. The van der Waals surface area contributed by atoms with Crippen LogP contribution >= 0.6 is 0 Å². The maximum absolute atomic E-state index is 12.9. The highest BCUT2D eigenvalue weighted by Crippen LogP contribution is 2.45. The zero-order valence-corrected chi connectivity index (χ0v) is 16.3. The van der Waals surface area contributed by atoms with Gasteiger partial charge >= 0.3 is 0 Å². The summed E-state index contributed by atoms with van der Waals surface area (Å²) in [7, 11) is 5.95. The van der Waals surface area contributed by atoms with Crippen molar-refractivity contribution in [1.29, 1.82) is 0 Å². The maximum Gasteiger partial charge on any atom is 0.230 e. The van der Waals surface area contributed by atoms with Crippen molar-refractivity contribution in [3.63, 3.8) is 0 Å². The number of aromatic nitrogens is 2. The van der Waals surface area contributed by atoms with E-state index in [0.29, 0.717) is 0 Å². The van der Waals surface area contributed by atoms with Crippen molar-refractivity contribution >= 4 is 17.5 Å². The number of rotatable bonds is 3. The van der Waals surface area contributed by atoms with Crippen molar-refractivity contribution in [3.8, 4) is 0 Å². The quantitative estimate of drug-likeness (QED) is 0.837. The Bertz CT molecular complexity index is 814. The molecule has 0 saturated carbocycles. The molecule has 2 saturated heterocycles. The van der Waals surface area contributed by atoms with E-state index in [1.165, 1.54) is 0 Å². The Balaban J connectivity index is 1.50. The molecule has 1 aromatic heterocycles.